The number of nitrogens with one attached hydrogen (secondary N) is 2. The van der Waals surface area contributed by atoms with Gasteiger partial charge in [0.05, 0.1) is 12.0 Å². The van der Waals surface area contributed by atoms with Crippen LogP contribution in [0.1, 0.15) is 31.0 Å². The lowest BCUT2D eigenvalue weighted by Gasteiger charge is -2.16. The van der Waals surface area contributed by atoms with Crippen molar-refractivity contribution < 1.29 is 19.1 Å². The summed E-state index contributed by atoms with van der Waals surface area (Å²) in [6, 6.07) is 3.91. The molecule has 0 saturated heterocycles. The Morgan fingerprint density at radius 3 is 2.55 bits per heavy atom. The Kier molecular flexibility index (Phi) is 5.49. The zero-order chi connectivity index (χ0) is 15.3. The summed E-state index contributed by atoms with van der Waals surface area (Å²) in [4.78, 5) is 22.2. The number of carbonyl (C=O) groups is 2. The Balaban J connectivity index is 2.53. The lowest BCUT2D eigenvalue weighted by atomic mass is 10.1. The number of aryl methyl sites for hydroxylation is 1. The second kappa shape index (κ2) is 6.88. The van der Waals surface area contributed by atoms with Gasteiger partial charge in [-0.15, -0.1) is 0 Å². The average molecular weight is 282 g/mol. The fraction of sp³-hybridized carbons (Fsp3) is 0.429. The molecule has 6 heteroatoms. The van der Waals surface area contributed by atoms with E-state index in [1.54, 1.807) is 26.0 Å². The van der Waals surface area contributed by atoms with Crippen molar-refractivity contribution >= 4 is 12.0 Å². The monoisotopic (exact) mass is 282 g/mol. The van der Waals surface area contributed by atoms with Crippen molar-refractivity contribution in [2.75, 3.05) is 6.54 Å². The van der Waals surface area contributed by atoms with Gasteiger partial charge in [0.2, 0.25) is 0 Å². The summed E-state index contributed by atoms with van der Waals surface area (Å²) in [6.45, 7) is 4.93. The van der Waals surface area contributed by atoms with Crippen LogP contribution in [0.15, 0.2) is 18.2 Å². The van der Waals surface area contributed by atoms with Gasteiger partial charge < -0.3 is 15.7 Å². The van der Waals surface area contributed by atoms with Gasteiger partial charge in [0, 0.05) is 6.54 Å². The summed E-state index contributed by atoms with van der Waals surface area (Å²) in [6.07, 6.45) is 0. The van der Waals surface area contributed by atoms with E-state index in [-0.39, 0.29) is 18.4 Å². The molecule has 0 fully saturated rings. The first kappa shape index (κ1) is 15.9. The van der Waals surface area contributed by atoms with Crippen LogP contribution in [0.5, 0.6) is 0 Å². The molecule has 110 valence electrons. The molecule has 20 heavy (non-hydrogen) atoms. The van der Waals surface area contributed by atoms with Crippen LogP contribution in [0.2, 0.25) is 0 Å². The zero-order valence-electron chi connectivity index (χ0n) is 11.7. The fourth-order valence-electron chi connectivity index (χ4n) is 1.54. The standard InChI is InChI=1S/C14H19FN2O3/c1-8-4-5-11(6-12(8)15)10(3)17-14(20)16-7-9(2)13(18)19/h4-6,9-10H,7H2,1-3H3,(H,18,19)(H2,16,17,20). The molecule has 0 bridgehead atoms. The van der Waals surface area contributed by atoms with Crippen LogP contribution in [-0.4, -0.2) is 23.7 Å². The van der Waals surface area contributed by atoms with Crippen molar-refractivity contribution in [3.05, 3.63) is 35.1 Å². The molecule has 0 spiro atoms. The number of carboxylic acid groups (broad SMARTS) is 1. The highest BCUT2D eigenvalue weighted by Gasteiger charge is 2.14. The number of halogens is 1. The number of benzene rings is 1. The Morgan fingerprint density at radius 1 is 1.35 bits per heavy atom. The maximum atomic E-state index is 13.4. The molecule has 2 atom stereocenters. The third-order valence-electron chi connectivity index (χ3n) is 3.03. The van der Waals surface area contributed by atoms with Crippen molar-refractivity contribution in [2.45, 2.75) is 26.8 Å². The molecule has 3 N–H and O–H groups in total. The summed E-state index contributed by atoms with van der Waals surface area (Å²) in [7, 11) is 0. The predicted octanol–water partition coefficient (Wildman–Crippen LogP) is 2.22. The highest BCUT2D eigenvalue weighted by Crippen LogP contribution is 2.16. The number of rotatable bonds is 5. The molecule has 0 aliphatic heterocycles. The third-order valence-corrected chi connectivity index (χ3v) is 3.03. The van der Waals surface area contributed by atoms with Gasteiger partial charge in [0.1, 0.15) is 5.82 Å². The van der Waals surface area contributed by atoms with E-state index in [0.717, 1.165) is 0 Å². The maximum absolute atomic E-state index is 13.4. The van der Waals surface area contributed by atoms with E-state index in [4.69, 9.17) is 5.11 Å². The molecule has 0 heterocycles. The number of aliphatic carboxylic acids is 1. The van der Waals surface area contributed by atoms with E-state index in [1.807, 2.05) is 0 Å². The number of hydrogen-bond donors (Lipinski definition) is 3. The molecule has 2 amide bonds. The van der Waals surface area contributed by atoms with E-state index in [9.17, 15) is 14.0 Å². The van der Waals surface area contributed by atoms with Crippen LogP contribution in [0.3, 0.4) is 0 Å². The largest absolute Gasteiger partial charge is 0.481 e. The van der Waals surface area contributed by atoms with Crippen LogP contribution >= 0.6 is 0 Å². The summed E-state index contributed by atoms with van der Waals surface area (Å²) in [5, 5.41) is 13.8. The SMILES string of the molecule is Cc1ccc(C(C)NC(=O)NCC(C)C(=O)O)cc1F. The van der Waals surface area contributed by atoms with Gasteiger partial charge in [-0.1, -0.05) is 19.1 Å². The minimum Gasteiger partial charge on any atom is -0.481 e. The van der Waals surface area contributed by atoms with Crippen molar-refractivity contribution in [1.82, 2.24) is 10.6 Å². The highest BCUT2D eigenvalue weighted by molar-refractivity contribution is 5.76. The van der Waals surface area contributed by atoms with Gasteiger partial charge in [0.25, 0.3) is 0 Å². The quantitative estimate of drug-likeness (QED) is 0.774. The molecule has 0 aliphatic carbocycles. The average Bonchev–Trinajstić information content (AvgIpc) is 2.38. The number of hydrogen-bond acceptors (Lipinski definition) is 2. The summed E-state index contributed by atoms with van der Waals surface area (Å²) >= 11 is 0. The third kappa shape index (κ3) is 4.53. The van der Waals surface area contributed by atoms with Crippen LogP contribution in [0.4, 0.5) is 9.18 Å². The fourth-order valence-corrected chi connectivity index (χ4v) is 1.54. The Labute approximate surface area is 117 Å². The molecule has 5 nitrogen and oxygen atoms in total. The van der Waals surface area contributed by atoms with Gasteiger partial charge in [-0.05, 0) is 31.0 Å². The van der Waals surface area contributed by atoms with Gasteiger partial charge in [-0.2, -0.15) is 0 Å². The molecule has 0 aliphatic rings. The molecule has 1 aromatic carbocycles. The molecule has 1 aromatic rings. The Hall–Kier alpha value is -2.11. The van der Waals surface area contributed by atoms with Gasteiger partial charge in [-0.3, -0.25) is 4.79 Å². The molecular formula is C14H19FN2O3. The number of urea groups is 1. The molecule has 0 saturated carbocycles. The van der Waals surface area contributed by atoms with Crippen LogP contribution < -0.4 is 10.6 Å². The number of amides is 2. The molecule has 1 rings (SSSR count). The smallest absolute Gasteiger partial charge is 0.315 e. The molecule has 0 radical (unpaired) electrons. The Morgan fingerprint density at radius 2 is 2.00 bits per heavy atom. The van der Waals surface area contributed by atoms with Gasteiger partial charge in [0.15, 0.2) is 0 Å². The second-order valence-corrected chi connectivity index (χ2v) is 4.82. The maximum Gasteiger partial charge on any atom is 0.315 e. The van der Waals surface area contributed by atoms with Crippen molar-refractivity contribution in [3.63, 3.8) is 0 Å². The molecular weight excluding hydrogens is 263 g/mol. The van der Waals surface area contributed by atoms with Crippen LogP contribution in [0.25, 0.3) is 0 Å². The molecule has 2 unspecified atom stereocenters. The number of carboxylic acids is 1. The second-order valence-electron chi connectivity index (χ2n) is 4.82. The van der Waals surface area contributed by atoms with E-state index in [2.05, 4.69) is 10.6 Å². The Bertz CT molecular complexity index is 505. The summed E-state index contributed by atoms with van der Waals surface area (Å²) in [5.41, 5.74) is 1.19. The van der Waals surface area contributed by atoms with E-state index >= 15 is 0 Å². The first-order valence-corrected chi connectivity index (χ1v) is 6.34. The van der Waals surface area contributed by atoms with Crippen LogP contribution in [0, 0.1) is 18.7 Å². The van der Waals surface area contributed by atoms with Crippen LogP contribution in [-0.2, 0) is 4.79 Å². The lowest BCUT2D eigenvalue weighted by Crippen LogP contribution is -2.40. The summed E-state index contributed by atoms with van der Waals surface area (Å²) < 4.78 is 13.4. The lowest BCUT2D eigenvalue weighted by molar-refractivity contribution is -0.140. The van der Waals surface area contributed by atoms with E-state index in [1.165, 1.54) is 13.0 Å². The first-order chi connectivity index (χ1) is 9.31. The topological polar surface area (TPSA) is 78.4 Å². The zero-order valence-corrected chi connectivity index (χ0v) is 11.7. The minimum atomic E-state index is -0.973. The minimum absolute atomic E-state index is 0.0378. The van der Waals surface area contributed by atoms with Gasteiger partial charge in [-0.25, -0.2) is 9.18 Å². The van der Waals surface area contributed by atoms with Crippen molar-refractivity contribution in [1.29, 1.82) is 0 Å². The van der Waals surface area contributed by atoms with Crippen molar-refractivity contribution in [2.24, 2.45) is 5.92 Å². The first-order valence-electron chi connectivity index (χ1n) is 6.34. The van der Waals surface area contributed by atoms with E-state index in [0.29, 0.717) is 11.1 Å². The van der Waals surface area contributed by atoms with E-state index < -0.39 is 17.9 Å². The molecule has 0 aromatic heterocycles. The predicted molar refractivity (Wildman–Crippen MR) is 72.9 cm³/mol. The normalized spacial score (nSPS) is 13.4. The van der Waals surface area contributed by atoms with Gasteiger partial charge >= 0.3 is 12.0 Å². The van der Waals surface area contributed by atoms with Crippen molar-refractivity contribution in [3.8, 4) is 0 Å². The summed E-state index contributed by atoms with van der Waals surface area (Å²) in [5.74, 6) is -1.96. The highest BCUT2D eigenvalue weighted by atomic mass is 19.1. The number of carbonyl (C=O) groups excluding carboxylic acids is 1.